The maximum absolute atomic E-state index is 12.6. The highest BCUT2D eigenvalue weighted by Crippen LogP contribution is 2.30. The fraction of sp³-hybridized carbons (Fsp3) is 0.417. The number of rotatable bonds is 7. The second kappa shape index (κ2) is 10.0. The van der Waals surface area contributed by atoms with Crippen LogP contribution in [0.1, 0.15) is 41.1 Å². The van der Waals surface area contributed by atoms with E-state index in [9.17, 15) is 9.90 Å². The Kier molecular flexibility index (Phi) is 7.45. The van der Waals surface area contributed by atoms with Crippen LogP contribution in [0.5, 0.6) is 0 Å². The van der Waals surface area contributed by atoms with E-state index < -0.39 is 6.10 Å². The van der Waals surface area contributed by atoms with Gasteiger partial charge in [0.15, 0.2) is 7.85 Å². The molecule has 158 valence electrons. The number of nitrogens with one attached hydrogen (secondary N) is 1. The summed E-state index contributed by atoms with van der Waals surface area (Å²) < 4.78 is 0. The Morgan fingerprint density at radius 2 is 1.40 bits per heavy atom. The molecule has 3 rings (SSSR count). The van der Waals surface area contributed by atoms with E-state index in [0.717, 1.165) is 13.1 Å². The molecule has 2 aromatic carbocycles. The molecule has 0 radical (unpaired) electrons. The smallest absolute Gasteiger partial charge is 0.225 e. The van der Waals surface area contributed by atoms with Crippen LogP contribution in [-0.2, 0) is 4.79 Å². The number of amides is 1. The van der Waals surface area contributed by atoms with E-state index in [4.69, 9.17) is 5.41 Å². The first kappa shape index (κ1) is 22.3. The van der Waals surface area contributed by atoms with E-state index in [1.807, 2.05) is 4.90 Å². The zero-order valence-corrected chi connectivity index (χ0v) is 18.3. The first-order valence-electron chi connectivity index (χ1n) is 10.7. The van der Waals surface area contributed by atoms with Crippen molar-refractivity contribution in [2.75, 3.05) is 26.2 Å². The monoisotopic (exact) mass is 405 g/mol. The molecule has 1 amide bonds. The number of piperazine rings is 1. The molecule has 2 N–H and O–H groups in total. The topological polar surface area (TPSA) is 67.6 Å². The van der Waals surface area contributed by atoms with Gasteiger partial charge in [0.2, 0.25) is 5.91 Å². The Morgan fingerprint density at radius 3 is 1.83 bits per heavy atom. The van der Waals surface area contributed by atoms with E-state index >= 15 is 0 Å². The number of hydrogen-bond donors (Lipinski definition) is 2. The standard InChI is InChI=1S/C24H32BN3O2/c1-17-3-7-19(8-4-17)24(20-9-5-18(2)6-10-20)28-13-11-27(12-14-28)23(30)16-21(29)15-22(25)26/h3-10,21,24,26,29H,11-16,25H2,1-2H3. The third kappa shape index (κ3) is 5.80. The predicted molar refractivity (Wildman–Crippen MR) is 124 cm³/mol. The highest BCUT2D eigenvalue weighted by molar-refractivity contribution is 6.58. The molecule has 0 aliphatic carbocycles. The average molecular weight is 405 g/mol. The molecule has 0 spiro atoms. The minimum atomic E-state index is -0.763. The highest BCUT2D eigenvalue weighted by atomic mass is 16.3. The SMILES string of the molecule is BC(=N)CC(O)CC(=O)N1CCN(C(c2ccc(C)cc2)c2ccc(C)cc2)CC1. The van der Waals surface area contributed by atoms with E-state index in [-0.39, 0.29) is 24.8 Å². The van der Waals surface area contributed by atoms with E-state index in [2.05, 4.69) is 67.3 Å². The van der Waals surface area contributed by atoms with Gasteiger partial charge >= 0.3 is 0 Å². The molecule has 30 heavy (non-hydrogen) atoms. The van der Waals surface area contributed by atoms with Crippen molar-refractivity contribution in [1.82, 2.24) is 9.80 Å². The van der Waals surface area contributed by atoms with Gasteiger partial charge in [-0.3, -0.25) is 9.69 Å². The van der Waals surface area contributed by atoms with Crippen LogP contribution in [0, 0.1) is 19.3 Å². The molecule has 1 fully saturated rings. The summed E-state index contributed by atoms with van der Waals surface area (Å²) in [6.07, 6.45) is -0.412. The summed E-state index contributed by atoms with van der Waals surface area (Å²) in [6, 6.07) is 17.6. The molecule has 6 heteroatoms. The lowest BCUT2D eigenvalue weighted by Gasteiger charge is -2.40. The van der Waals surface area contributed by atoms with Crippen molar-refractivity contribution >= 4 is 19.4 Å². The fourth-order valence-electron chi connectivity index (χ4n) is 4.10. The molecule has 1 saturated heterocycles. The lowest BCUT2D eigenvalue weighted by Crippen LogP contribution is -2.50. The van der Waals surface area contributed by atoms with Crippen molar-refractivity contribution in [2.24, 2.45) is 0 Å². The summed E-state index contributed by atoms with van der Waals surface area (Å²) in [7, 11) is 1.66. The van der Waals surface area contributed by atoms with Crippen LogP contribution in [0.15, 0.2) is 48.5 Å². The van der Waals surface area contributed by atoms with Gasteiger partial charge in [-0.15, -0.1) is 0 Å². The summed E-state index contributed by atoms with van der Waals surface area (Å²) in [5.41, 5.74) is 5.42. The number of aliphatic hydroxyl groups is 1. The lowest BCUT2D eigenvalue weighted by atomic mass is 9.94. The Labute approximate surface area is 180 Å². The van der Waals surface area contributed by atoms with Gasteiger partial charge in [0.05, 0.1) is 18.6 Å². The second-order valence-corrected chi connectivity index (χ2v) is 8.48. The first-order chi connectivity index (χ1) is 14.3. The van der Waals surface area contributed by atoms with E-state index in [1.54, 1.807) is 7.85 Å². The number of aryl methyl sites for hydroxylation is 2. The zero-order chi connectivity index (χ0) is 21.7. The Hall–Kier alpha value is -2.44. The van der Waals surface area contributed by atoms with Crippen molar-refractivity contribution in [2.45, 2.75) is 38.8 Å². The quantitative estimate of drug-likeness (QED) is 0.549. The number of carbonyl (C=O) groups is 1. The average Bonchev–Trinajstić information content (AvgIpc) is 2.71. The van der Waals surface area contributed by atoms with E-state index in [1.165, 1.54) is 22.3 Å². The number of benzene rings is 2. The van der Waals surface area contributed by atoms with Crippen LogP contribution in [0.4, 0.5) is 0 Å². The molecular formula is C24H32BN3O2. The molecule has 2 aromatic rings. The third-order valence-corrected chi connectivity index (χ3v) is 5.77. The van der Waals surface area contributed by atoms with Gasteiger partial charge in [0.25, 0.3) is 0 Å². The van der Waals surface area contributed by atoms with Gasteiger partial charge in [0, 0.05) is 32.6 Å². The van der Waals surface area contributed by atoms with Gasteiger partial charge in [-0.25, -0.2) is 0 Å². The molecule has 1 aliphatic heterocycles. The van der Waals surface area contributed by atoms with Crippen molar-refractivity contribution in [1.29, 1.82) is 5.41 Å². The number of nitrogens with zero attached hydrogens (tertiary/aromatic N) is 2. The predicted octanol–water partition coefficient (Wildman–Crippen LogP) is 2.29. The largest absolute Gasteiger partial charge is 0.392 e. The molecule has 1 unspecified atom stereocenters. The maximum atomic E-state index is 12.6. The van der Waals surface area contributed by atoms with Crippen LogP contribution < -0.4 is 0 Å². The van der Waals surface area contributed by atoms with Gasteiger partial charge in [-0.2, -0.15) is 0 Å². The van der Waals surface area contributed by atoms with Crippen LogP contribution in [0.3, 0.4) is 0 Å². The van der Waals surface area contributed by atoms with Crippen LogP contribution in [0.2, 0.25) is 0 Å². The van der Waals surface area contributed by atoms with Gasteiger partial charge in [-0.1, -0.05) is 59.7 Å². The van der Waals surface area contributed by atoms with Crippen LogP contribution in [0.25, 0.3) is 0 Å². The fourth-order valence-corrected chi connectivity index (χ4v) is 4.10. The Balaban J connectivity index is 1.70. The minimum absolute atomic E-state index is 0.0226. The van der Waals surface area contributed by atoms with E-state index in [0.29, 0.717) is 18.7 Å². The maximum Gasteiger partial charge on any atom is 0.225 e. The molecule has 0 saturated carbocycles. The van der Waals surface area contributed by atoms with Gasteiger partial charge in [0.1, 0.15) is 0 Å². The number of aliphatic hydroxyl groups excluding tert-OH is 1. The normalized spacial score (nSPS) is 15.9. The zero-order valence-electron chi connectivity index (χ0n) is 18.3. The van der Waals surface area contributed by atoms with Gasteiger partial charge in [-0.05, 0) is 30.6 Å². The third-order valence-electron chi connectivity index (χ3n) is 5.77. The summed E-state index contributed by atoms with van der Waals surface area (Å²) in [5.74, 6) is -0.0226. The minimum Gasteiger partial charge on any atom is -0.392 e. The Morgan fingerprint density at radius 1 is 0.933 bits per heavy atom. The van der Waals surface area contributed by atoms with Crippen molar-refractivity contribution in [3.05, 3.63) is 70.8 Å². The molecule has 0 bridgehead atoms. The molecule has 0 aromatic heterocycles. The van der Waals surface area contributed by atoms with Crippen molar-refractivity contribution in [3.63, 3.8) is 0 Å². The van der Waals surface area contributed by atoms with Gasteiger partial charge < -0.3 is 15.4 Å². The van der Waals surface area contributed by atoms with Crippen molar-refractivity contribution < 1.29 is 9.90 Å². The molecular weight excluding hydrogens is 373 g/mol. The van der Waals surface area contributed by atoms with Crippen LogP contribution in [-0.4, -0.2) is 66.6 Å². The lowest BCUT2D eigenvalue weighted by molar-refractivity contribution is -0.135. The summed E-state index contributed by atoms with van der Waals surface area (Å²) in [5, 5.41) is 17.5. The molecule has 1 heterocycles. The highest BCUT2D eigenvalue weighted by Gasteiger charge is 2.28. The molecule has 1 aliphatic rings. The summed E-state index contributed by atoms with van der Waals surface area (Å²) in [4.78, 5) is 16.8. The first-order valence-corrected chi connectivity index (χ1v) is 10.7. The molecule has 1 atom stereocenters. The second-order valence-electron chi connectivity index (χ2n) is 8.48. The molecule has 5 nitrogen and oxygen atoms in total. The Bertz CT molecular complexity index is 814. The summed E-state index contributed by atoms with van der Waals surface area (Å²) >= 11 is 0. The summed E-state index contributed by atoms with van der Waals surface area (Å²) in [6.45, 7) is 7.09. The number of hydrogen-bond acceptors (Lipinski definition) is 4. The number of carbonyl (C=O) groups excluding carboxylic acids is 1. The van der Waals surface area contributed by atoms with Crippen molar-refractivity contribution in [3.8, 4) is 0 Å². The van der Waals surface area contributed by atoms with Crippen LogP contribution >= 0.6 is 0 Å².